The molecule has 2 bridgehead atoms. The number of likely N-dealkylation sites (tertiary alicyclic amines) is 1. The molecule has 0 spiro atoms. The average Bonchev–Trinajstić information content (AvgIpc) is 3.87. The molecule has 3 atom stereocenters. The number of nitrogens with one attached hydrogen (secondary N) is 1. The molecule has 3 aliphatic rings. The largest absolute Gasteiger partial charge is 0.466 e. The average molecular weight is 886 g/mol. The summed E-state index contributed by atoms with van der Waals surface area (Å²) in [5.41, 5.74) is -1.24. The highest BCUT2D eigenvalue weighted by molar-refractivity contribution is 7.22. The van der Waals surface area contributed by atoms with E-state index >= 15 is 8.78 Å². The van der Waals surface area contributed by atoms with E-state index < -0.39 is 28.9 Å². The Kier molecular flexibility index (Phi) is 13.1. The fourth-order valence-corrected chi connectivity index (χ4v) is 9.57. The predicted molar refractivity (Wildman–Crippen MR) is 231 cm³/mol. The third-order valence-electron chi connectivity index (χ3n) is 10.9. The Labute approximate surface area is 363 Å². The lowest BCUT2D eigenvalue weighted by Crippen LogP contribution is -2.57. The number of hydrogen-bond donors (Lipinski definition) is 1. The number of rotatable bonds is 12. The third kappa shape index (κ3) is 10.2. The molecule has 2 aromatic heterocycles. The van der Waals surface area contributed by atoms with Crippen molar-refractivity contribution in [2.75, 3.05) is 49.6 Å². The lowest BCUT2D eigenvalue weighted by molar-refractivity contribution is -0.143. The van der Waals surface area contributed by atoms with Crippen LogP contribution in [-0.4, -0.2) is 112 Å². The van der Waals surface area contributed by atoms with Crippen LogP contribution < -0.4 is 15.0 Å². The van der Waals surface area contributed by atoms with E-state index in [4.69, 9.17) is 35.5 Å². The fourth-order valence-electron chi connectivity index (χ4n) is 8.39. The van der Waals surface area contributed by atoms with Gasteiger partial charge in [0.25, 0.3) is 0 Å². The van der Waals surface area contributed by atoms with Gasteiger partial charge in [0.05, 0.1) is 33.9 Å². The summed E-state index contributed by atoms with van der Waals surface area (Å²) < 4.78 is 55.3. The van der Waals surface area contributed by atoms with Crippen molar-refractivity contribution in [3.05, 3.63) is 34.9 Å². The van der Waals surface area contributed by atoms with Crippen molar-refractivity contribution in [1.82, 2.24) is 24.8 Å². The Balaban J connectivity index is 1.23. The molecule has 7 rings (SSSR count). The maximum Gasteiger partial charge on any atom is 0.413 e. The standard InChI is InChI=1S/C43H54ClF2N7O7S/c1-8-57-31(54)13-9-10-18-51-19-11-12-26(51)23-58-38-47-34-28(37(49-38)52-21-24-14-15-25(22-52)53(24)41(56)60-43(5,6)7)20-29(44)32(33(34)46)27-16-17-30(45)36-35(27)48-39(61-36)50-40(55)59-42(2,3)4/h16-17,20,24-26H,8-15,18-19,21-23H2,1-7H3,(H,48,50,55)/t24?,25?,26-/m0/s1. The lowest BCUT2D eigenvalue weighted by atomic mass is 10.0. The molecule has 0 radical (unpaired) electrons. The number of benzene rings is 2. The van der Waals surface area contributed by atoms with Gasteiger partial charge in [-0.25, -0.2) is 23.4 Å². The second-order valence-electron chi connectivity index (χ2n) is 17.8. The summed E-state index contributed by atoms with van der Waals surface area (Å²) in [7, 11) is 0. The zero-order chi connectivity index (χ0) is 43.8. The lowest BCUT2D eigenvalue weighted by Gasteiger charge is -2.42. The molecule has 14 nitrogen and oxygen atoms in total. The van der Waals surface area contributed by atoms with E-state index in [9.17, 15) is 14.4 Å². The number of unbranched alkanes of at least 4 members (excludes halogenated alkanes) is 1. The molecule has 0 aliphatic carbocycles. The smallest absolute Gasteiger partial charge is 0.413 e. The summed E-state index contributed by atoms with van der Waals surface area (Å²) in [5, 5.41) is 2.98. The van der Waals surface area contributed by atoms with Gasteiger partial charge in [0, 0.05) is 42.1 Å². The molecule has 3 aliphatic heterocycles. The summed E-state index contributed by atoms with van der Waals surface area (Å²) in [5.74, 6) is -1.17. The quantitative estimate of drug-likeness (QED) is 0.0821. The molecule has 18 heteroatoms. The molecular weight excluding hydrogens is 832 g/mol. The van der Waals surface area contributed by atoms with Gasteiger partial charge in [-0.2, -0.15) is 9.97 Å². The monoisotopic (exact) mass is 885 g/mol. The SMILES string of the molecule is CCOC(=O)CCCCN1CCC[C@H]1COc1nc(N2CC3CCC(C2)N3C(=O)OC(C)(C)C)c2cc(Cl)c(-c3ccc(F)c4sc(NC(=O)OC(C)(C)C)nc34)c(F)c2n1. The molecule has 2 amide bonds. The van der Waals surface area contributed by atoms with E-state index in [1.807, 2.05) is 30.6 Å². The second kappa shape index (κ2) is 18.0. The number of amides is 2. The second-order valence-corrected chi connectivity index (χ2v) is 19.2. The number of fused-ring (bicyclic) bond motifs is 4. The van der Waals surface area contributed by atoms with E-state index in [1.165, 1.54) is 12.1 Å². The molecule has 1 N–H and O–H groups in total. The van der Waals surface area contributed by atoms with Crippen LogP contribution in [0.25, 0.3) is 32.2 Å². The first kappa shape index (κ1) is 44.4. The minimum atomic E-state index is -0.781. The van der Waals surface area contributed by atoms with Crippen LogP contribution in [-0.2, 0) is 19.0 Å². The number of carbonyl (C=O) groups excluding carboxylic acids is 3. The van der Waals surface area contributed by atoms with Crippen LogP contribution in [0.4, 0.5) is 29.3 Å². The number of carbonyl (C=O) groups is 3. The predicted octanol–water partition coefficient (Wildman–Crippen LogP) is 9.35. The van der Waals surface area contributed by atoms with Crippen LogP contribution >= 0.6 is 22.9 Å². The van der Waals surface area contributed by atoms with Gasteiger partial charge >= 0.3 is 24.2 Å². The van der Waals surface area contributed by atoms with Gasteiger partial charge in [0.1, 0.15) is 35.0 Å². The van der Waals surface area contributed by atoms with Crippen molar-refractivity contribution in [3.63, 3.8) is 0 Å². The van der Waals surface area contributed by atoms with Crippen LogP contribution in [0.1, 0.15) is 93.4 Å². The van der Waals surface area contributed by atoms with Gasteiger partial charge in [0.15, 0.2) is 10.9 Å². The number of halogens is 3. The highest BCUT2D eigenvalue weighted by Crippen LogP contribution is 2.44. The van der Waals surface area contributed by atoms with E-state index in [0.717, 1.165) is 63.0 Å². The van der Waals surface area contributed by atoms with Crippen LogP contribution in [0.2, 0.25) is 5.02 Å². The first-order valence-electron chi connectivity index (χ1n) is 21.0. The first-order valence-corrected chi connectivity index (χ1v) is 22.2. The van der Waals surface area contributed by atoms with Gasteiger partial charge < -0.3 is 23.8 Å². The fraction of sp³-hybridized carbons (Fsp3) is 0.581. The summed E-state index contributed by atoms with van der Waals surface area (Å²) in [6.07, 6.45) is 4.19. The molecule has 2 aromatic carbocycles. The number of esters is 1. The zero-order valence-corrected chi connectivity index (χ0v) is 37.3. The van der Waals surface area contributed by atoms with Crippen molar-refractivity contribution in [2.24, 2.45) is 0 Å². The number of aromatic nitrogens is 3. The van der Waals surface area contributed by atoms with E-state index in [2.05, 4.69) is 20.2 Å². The van der Waals surface area contributed by atoms with Crippen LogP contribution in [0.3, 0.4) is 0 Å². The van der Waals surface area contributed by atoms with E-state index in [-0.39, 0.29) is 79.8 Å². The molecule has 61 heavy (non-hydrogen) atoms. The highest BCUT2D eigenvalue weighted by Gasteiger charge is 2.45. The van der Waals surface area contributed by atoms with E-state index in [1.54, 1.807) is 33.8 Å². The Morgan fingerprint density at radius 2 is 1.67 bits per heavy atom. The van der Waals surface area contributed by atoms with Crippen molar-refractivity contribution in [1.29, 1.82) is 0 Å². The summed E-state index contributed by atoms with van der Waals surface area (Å²) in [6, 6.07) is 3.92. The van der Waals surface area contributed by atoms with Crippen LogP contribution in [0.5, 0.6) is 6.01 Å². The zero-order valence-electron chi connectivity index (χ0n) is 35.7. The third-order valence-corrected chi connectivity index (χ3v) is 12.2. The number of ether oxygens (including phenoxy) is 4. The number of hydrogen-bond acceptors (Lipinski definition) is 13. The normalized spacial score (nSPS) is 19.5. The number of piperazine rings is 1. The molecule has 330 valence electrons. The molecule has 4 aromatic rings. The minimum absolute atomic E-state index is 0.0194. The van der Waals surface area contributed by atoms with Crippen LogP contribution in [0, 0.1) is 11.6 Å². The van der Waals surface area contributed by atoms with Gasteiger partial charge in [-0.3, -0.25) is 19.9 Å². The molecule has 3 fully saturated rings. The molecule has 3 saturated heterocycles. The topological polar surface area (TPSA) is 149 Å². The molecular formula is C43H54ClF2N7O7S. The van der Waals surface area contributed by atoms with Crippen molar-refractivity contribution in [2.45, 2.75) is 123 Å². The Bertz CT molecular complexity index is 2290. The van der Waals surface area contributed by atoms with Gasteiger partial charge in [-0.15, -0.1) is 0 Å². The number of nitrogens with zero attached hydrogens (tertiary/aromatic N) is 6. The van der Waals surface area contributed by atoms with Crippen molar-refractivity contribution in [3.8, 4) is 17.1 Å². The van der Waals surface area contributed by atoms with E-state index in [0.29, 0.717) is 37.3 Å². The number of thiazole rings is 1. The minimum Gasteiger partial charge on any atom is -0.466 e. The van der Waals surface area contributed by atoms with Gasteiger partial charge in [-0.05, 0) is 118 Å². The molecule has 0 saturated carbocycles. The summed E-state index contributed by atoms with van der Waals surface area (Å²) >= 11 is 7.88. The van der Waals surface area contributed by atoms with Crippen molar-refractivity contribution < 1.29 is 42.1 Å². The maximum atomic E-state index is 17.4. The number of anilines is 2. The molecule has 5 heterocycles. The van der Waals surface area contributed by atoms with Crippen molar-refractivity contribution >= 4 is 73.2 Å². The highest BCUT2D eigenvalue weighted by atomic mass is 35.5. The maximum absolute atomic E-state index is 17.4. The van der Waals surface area contributed by atoms with Gasteiger partial charge in [-0.1, -0.05) is 22.9 Å². The van der Waals surface area contributed by atoms with Gasteiger partial charge in [0.2, 0.25) is 0 Å². The first-order chi connectivity index (χ1) is 28.9. The summed E-state index contributed by atoms with van der Waals surface area (Å²) in [4.78, 5) is 58.0. The molecule has 2 unspecified atom stereocenters. The Morgan fingerprint density at radius 3 is 2.36 bits per heavy atom. The Hall–Kier alpha value is -4.61. The summed E-state index contributed by atoms with van der Waals surface area (Å²) in [6.45, 7) is 15.6. The Morgan fingerprint density at radius 1 is 0.951 bits per heavy atom. The van der Waals surface area contributed by atoms with Crippen LogP contribution in [0.15, 0.2) is 18.2 Å².